The summed E-state index contributed by atoms with van der Waals surface area (Å²) in [5, 5.41) is 0. The number of ether oxygens (including phenoxy) is 2. The van der Waals surface area contributed by atoms with E-state index in [9.17, 15) is 4.79 Å². The number of halogens is 1. The normalized spacial score (nSPS) is 9.95. The molecule has 0 fully saturated rings. The summed E-state index contributed by atoms with van der Waals surface area (Å²) in [6.07, 6.45) is 0.797. The van der Waals surface area contributed by atoms with E-state index in [0.717, 1.165) is 10.9 Å². The van der Waals surface area contributed by atoms with E-state index in [2.05, 4.69) is 20.9 Å². The molecule has 2 rings (SSSR count). The second kappa shape index (κ2) is 6.89. The number of aromatic nitrogens is 1. The van der Waals surface area contributed by atoms with E-state index in [1.807, 2.05) is 12.1 Å². The van der Waals surface area contributed by atoms with Crippen molar-refractivity contribution in [3.8, 4) is 11.6 Å². The molecule has 0 saturated carbocycles. The largest absolute Gasteiger partial charge is 0.490 e. The molecule has 19 heavy (non-hydrogen) atoms. The van der Waals surface area contributed by atoms with Crippen LogP contribution in [-0.4, -0.2) is 24.5 Å². The molecule has 98 valence electrons. The van der Waals surface area contributed by atoms with E-state index in [1.54, 1.807) is 30.3 Å². The van der Waals surface area contributed by atoms with E-state index in [4.69, 9.17) is 9.47 Å². The molecule has 0 amide bonds. The highest BCUT2D eigenvalue weighted by molar-refractivity contribution is 9.10. The van der Waals surface area contributed by atoms with Crippen molar-refractivity contribution in [1.29, 1.82) is 0 Å². The second-order valence-electron chi connectivity index (χ2n) is 3.68. The van der Waals surface area contributed by atoms with Crippen molar-refractivity contribution < 1.29 is 14.3 Å². The highest BCUT2D eigenvalue weighted by Gasteiger charge is 1.98. The lowest BCUT2D eigenvalue weighted by molar-refractivity contribution is 0.112. The van der Waals surface area contributed by atoms with E-state index >= 15 is 0 Å². The molecule has 0 radical (unpaired) electrons. The Morgan fingerprint density at radius 1 is 1.05 bits per heavy atom. The third-order valence-electron chi connectivity index (χ3n) is 2.31. The molecular weight excluding hydrogens is 310 g/mol. The molecule has 0 aliphatic rings. The van der Waals surface area contributed by atoms with Crippen LogP contribution in [0.4, 0.5) is 0 Å². The number of aldehydes is 1. The minimum atomic E-state index is 0.402. The van der Waals surface area contributed by atoms with Gasteiger partial charge in [0.05, 0.1) is 0 Å². The van der Waals surface area contributed by atoms with Gasteiger partial charge in [0.1, 0.15) is 29.9 Å². The van der Waals surface area contributed by atoms with Gasteiger partial charge in [0.2, 0.25) is 5.88 Å². The van der Waals surface area contributed by atoms with Crippen LogP contribution in [0.5, 0.6) is 11.6 Å². The Kier molecular flexibility index (Phi) is 4.92. The van der Waals surface area contributed by atoms with Crippen LogP contribution in [0, 0.1) is 0 Å². The zero-order valence-electron chi connectivity index (χ0n) is 10.1. The summed E-state index contributed by atoms with van der Waals surface area (Å²) in [7, 11) is 0. The molecule has 0 unspecified atom stereocenters. The molecule has 0 N–H and O–H groups in total. The lowest BCUT2D eigenvalue weighted by Crippen LogP contribution is -2.09. The molecule has 0 bridgehead atoms. The summed E-state index contributed by atoms with van der Waals surface area (Å²) in [5.41, 5.74) is 0.627. The Morgan fingerprint density at radius 2 is 1.79 bits per heavy atom. The van der Waals surface area contributed by atoms with Gasteiger partial charge in [0.25, 0.3) is 0 Å². The van der Waals surface area contributed by atoms with Gasteiger partial charge in [-0.2, -0.15) is 0 Å². The molecular formula is C14H12BrNO3. The van der Waals surface area contributed by atoms with E-state index < -0.39 is 0 Å². The lowest BCUT2D eigenvalue weighted by Gasteiger charge is -2.07. The van der Waals surface area contributed by atoms with Crippen LogP contribution in [0.1, 0.15) is 10.4 Å². The van der Waals surface area contributed by atoms with Crippen molar-refractivity contribution in [1.82, 2.24) is 4.98 Å². The van der Waals surface area contributed by atoms with E-state index in [-0.39, 0.29) is 0 Å². The van der Waals surface area contributed by atoms with Gasteiger partial charge >= 0.3 is 0 Å². The smallest absolute Gasteiger partial charge is 0.214 e. The van der Waals surface area contributed by atoms with Crippen molar-refractivity contribution in [2.24, 2.45) is 0 Å². The Labute approximate surface area is 119 Å². The second-order valence-corrected chi connectivity index (χ2v) is 4.49. The van der Waals surface area contributed by atoms with Gasteiger partial charge in [0.15, 0.2) is 0 Å². The summed E-state index contributed by atoms with van der Waals surface area (Å²) >= 11 is 3.27. The highest BCUT2D eigenvalue weighted by Crippen LogP contribution is 2.13. The molecule has 4 nitrogen and oxygen atoms in total. The first-order valence-electron chi connectivity index (χ1n) is 5.71. The van der Waals surface area contributed by atoms with Crippen LogP contribution < -0.4 is 9.47 Å². The van der Waals surface area contributed by atoms with Crippen molar-refractivity contribution in [2.75, 3.05) is 13.2 Å². The Morgan fingerprint density at radius 3 is 2.47 bits per heavy atom. The molecule has 0 aliphatic heterocycles. The van der Waals surface area contributed by atoms with Gasteiger partial charge in [-0.15, -0.1) is 0 Å². The molecule has 1 heterocycles. The zero-order chi connectivity index (χ0) is 13.5. The molecule has 1 aromatic heterocycles. The summed E-state index contributed by atoms with van der Waals surface area (Å²) in [4.78, 5) is 14.6. The predicted molar refractivity (Wildman–Crippen MR) is 74.8 cm³/mol. The van der Waals surface area contributed by atoms with E-state index in [0.29, 0.717) is 30.4 Å². The van der Waals surface area contributed by atoms with Gasteiger partial charge in [-0.1, -0.05) is 6.07 Å². The standard InChI is InChI=1S/C14H12BrNO3/c15-13-2-1-3-14(16-13)19-9-8-18-12-6-4-11(10-17)5-7-12/h1-7,10H,8-9H2. The van der Waals surface area contributed by atoms with Crippen molar-refractivity contribution >= 4 is 22.2 Å². The fraction of sp³-hybridized carbons (Fsp3) is 0.143. The monoisotopic (exact) mass is 321 g/mol. The molecule has 0 atom stereocenters. The fourth-order valence-corrected chi connectivity index (χ4v) is 1.75. The summed E-state index contributed by atoms with van der Waals surface area (Å²) in [5.74, 6) is 1.26. The Balaban J connectivity index is 1.75. The predicted octanol–water partition coefficient (Wildman–Crippen LogP) is 3.11. The van der Waals surface area contributed by atoms with Crippen LogP contribution in [0.15, 0.2) is 47.1 Å². The third kappa shape index (κ3) is 4.37. The quantitative estimate of drug-likeness (QED) is 0.466. The lowest BCUT2D eigenvalue weighted by atomic mass is 10.2. The van der Waals surface area contributed by atoms with Gasteiger partial charge in [0, 0.05) is 11.6 Å². The summed E-state index contributed by atoms with van der Waals surface area (Å²) in [6.45, 7) is 0.813. The van der Waals surface area contributed by atoms with Gasteiger partial charge < -0.3 is 9.47 Å². The maximum Gasteiger partial charge on any atom is 0.214 e. The molecule has 1 aromatic carbocycles. The van der Waals surface area contributed by atoms with Crippen molar-refractivity contribution in [2.45, 2.75) is 0 Å². The average molecular weight is 322 g/mol. The minimum absolute atomic E-state index is 0.402. The maximum atomic E-state index is 10.5. The van der Waals surface area contributed by atoms with E-state index in [1.165, 1.54) is 0 Å². The fourth-order valence-electron chi connectivity index (χ4n) is 1.42. The number of benzene rings is 1. The third-order valence-corrected chi connectivity index (χ3v) is 2.75. The topological polar surface area (TPSA) is 48.4 Å². The van der Waals surface area contributed by atoms with Crippen LogP contribution in [-0.2, 0) is 0 Å². The first-order valence-corrected chi connectivity index (χ1v) is 6.50. The van der Waals surface area contributed by atoms with Crippen molar-refractivity contribution in [3.05, 3.63) is 52.6 Å². The average Bonchev–Trinajstić information content (AvgIpc) is 2.44. The van der Waals surface area contributed by atoms with Crippen LogP contribution in [0.3, 0.4) is 0 Å². The first kappa shape index (κ1) is 13.5. The molecule has 0 aliphatic carbocycles. The summed E-state index contributed by atoms with van der Waals surface area (Å²) < 4.78 is 11.6. The molecule has 0 saturated heterocycles. The Bertz CT molecular complexity index is 543. The Hall–Kier alpha value is -1.88. The maximum absolute atomic E-state index is 10.5. The SMILES string of the molecule is O=Cc1ccc(OCCOc2cccc(Br)n2)cc1. The van der Waals surface area contributed by atoms with Crippen LogP contribution in [0.25, 0.3) is 0 Å². The number of hydrogen-bond donors (Lipinski definition) is 0. The zero-order valence-corrected chi connectivity index (χ0v) is 11.7. The summed E-state index contributed by atoms with van der Waals surface area (Å²) in [6, 6.07) is 12.4. The number of pyridine rings is 1. The van der Waals surface area contributed by atoms with Crippen LogP contribution >= 0.6 is 15.9 Å². The van der Waals surface area contributed by atoms with Crippen molar-refractivity contribution in [3.63, 3.8) is 0 Å². The van der Waals surface area contributed by atoms with Gasteiger partial charge in [-0.25, -0.2) is 4.98 Å². The first-order chi connectivity index (χ1) is 9.28. The highest BCUT2D eigenvalue weighted by atomic mass is 79.9. The molecule has 0 spiro atoms. The number of carbonyl (C=O) groups is 1. The molecule has 2 aromatic rings. The number of hydrogen-bond acceptors (Lipinski definition) is 4. The van der Waals surface area contributed by atoms with Crippen LogP contribution in [0.2, 0.25) is 0 Å². The molecule has 5 heteroatoms. The number of rotatable bonds is 6. The number of carbonyl (C=O) groups excluding carboxylic acids is 1. The minimum Gasteiger partial charge on any atom is -0.490 e. The van der Waals surface area contributed by atoms with Gasteiger partial charge in [-0.3, -0.25) is 4.79 Å². The van der Waals surface area contributed by atoms with Gasteiger partial charge in [-0.05, 0) is 46.3 Å². The number of nitrogens with zero attached hydrogens (tertiary/aromatic N) is 1.